The lowest BCUT2D eigenvalue weighted by Crippen LogP contribution is -2.03. The van der Waals surface area contributed by atoms with E-state index in [-0.39, 0.29) is 11.3 Å². The molecule has 0 N–H and O–H groups in total. The minimum atomic E-state index is -0.476. The van der Waals surface area contributed by atoms with E-state index in [1.54, 1.807) is 12.1 Å². The molecule has 3 nitrogen and oxygen atoms in total. The summed E-state index contributed by atoms with van der Waals surface area (Å²) in [5.41, 5.74) is 0.636. The average Bonchev–Trinajstić information content (AvgIpc) is 2.48. The monoisotopic (exact) mass is 263 g/mol. The number of carbonyl (C=O) groups excluding carboxylic acids is 1. The highest BCUT2D eigenvalue weighted by atomic mass is 16.5. The van der Waals surface area contributed by atoms with Crippen LogP contribution in [-0.4, -0.2) is 5.97 Å². The molecule has 0 aliphatic carbocycles. The molecule has 98 valence electrons. The van der Waals surface area contributed by atoms with Gasteiger partial charge in [-0.3, -0.25) is 4.79 Å². The van der Waals surface area contributed by atoms with Crippen LogP contribution in [0, 0.1) is 23.7 Å². The Kier molecular flexibility index (Phi) is 6.11. The summed E-state index contributed by atoms with van der Waals surface area (Å²) in [6.45, 7) is 1.27. The fourth-order valence-corrected chi connectivity index (χ4v) is 1.39. The average molecular weight is 263 g/mol. The van der Waals surface area contributed by atoms with E-state index in [9.17, 15) is 4.79 Å². The third kappa shape index (κ3) is 4.68. The molecule has 0 saturated heterocycles. The van der Waals surface area contributed by atoms with Gasteiger partial charge in [-0.25, -0.2) is 0 Å². The maximum atomic E-state index is 10.7. The highest BCUT2D eigenvalue weighted by Gasteiger charge is 2.08. The van der Waals surface area contributed by atoms with Gasteiger partial charge in [0, 0.05) is 12.5 Å². The second-order valence-corrected chi connectivity index (χ2v) is 3.68. The van der Waals surface area contributed by atoms with E-state index in [0.29, 0.717) is 5.56 Å². The summed E-state index contributed by atoms with van der Waals surface area (Å²) in [6, 6.07) is 18.7. The Morgan fingerprint density at radius 2 is 1.65 bits per heavy atom. The van der Waals surface area contributed by atoms with E-state index in [2.05, 4.69) is 5.92 Å². The highest BCUT2D eigenvalue weighted by molar-refractivity contribution is 5.71. The minimum absolute atomic E-state index is 0.204. The summed E-state index contributed by atoms with van der Waals surface area (Å²) in [5, 5.41) is 8.81. The lowest BCUT2D eigenvalue weighted by atomic mass is 10.1. The summed E-state index contributed by atoms with van der Waals surface area (Å²) in [4.78, 5) is 10.7. The number of ether oxygens (including phenoxy) is 1. The van der Waals surface area contributed by atoms with Crippen LogP contribution in [0.25, 0.3) is 0 Å². The Bertz CT molecular complexity index is 622. The van der Waals surface area contributed by atoms with Crippen LogP contribution in [0.2, 0.25) is 0 Å². The fourth-order valence-electron chi connectivity index (χ4n) is 1.39. The van der Waals surface area contributed by atoms with E-state index >= 15 is 0 Å². The molecule has 0 aromatic heterocycles. The number of terminal acetylenes is 1. The van der Waals surface area contributed by atoms with Crippen LogP contribution in [0.15, 0.2) is 54.6 Å². The number of hydrogen-bond donors (Lipinski definition) is 0. The van der Waals surface area contributed by atoms with Crippen molar-refractivity contribution in [2.75, 3.05) is 0 Å². The predicted octanol–water partition coefficient (Wildman–Crippen LogP) is 3.15. The predicted molar refractivity (Wildman–Crippen MR) is 76.8 cm³/mol. The molecule has 0 aliphatic heterocycles. The van der Waals surface area contributed by atoms with Crippen molar-refractivity contribution in [1.82, 2.24) is 0 Å². The summed E-state index contributed by atoms with van der Waals surface area (Å²) in [5.74, 6) is 2.07. The van der Waals surface area contributed by atoms with Crippen LogP contribution in [0.5, 0.6) is 5.75 Å². The second-order valence-electron chi connectivity index (χ2n) is 3.68. The molecule has 0 fully saturated rings. The number of carbonyl (C=O) groups is 1. The molecule has 0 saturated carbocycles. The smallest absolute Gasteiger partial charge is 0.308 e. The van der Waals surface area contributed by atoms with E-state index in [4.69, 9.17) is 16.4 Å². The fraction of sp³-hybridized carbons (Fsp3) is 0.0588. The largest absolute Gasteiger partial charge is 0.425 e. The SMILES string of the molecule is C#Cc1cccc(OC(C)=O)c1C#N.c1ccccc1. The number of nitrogens with zero attached hydrogens (tertiary/aromatic N) is 1. The molecule has 0 heterocycles. The molecule has 2 rings (SSSR count). The maximum absolute atomic E-state index is 10.7. The van der Waals surface area contributed by atoms with Crippen LogP contribution in [0.3, 0.4) is 0 Å². The Hall–Kier alpha value is -3.04. The normalized spacial score (nSPS) is 8.35. The van der Waals surface area contributed by atoms with Crippen LogP contribution in [0.4, 0.5) is 0 Å². The Balaban J connectivity index is 0.000000276. The van der Waals surface area contributed by atoms with Crippen LogP contribution in [0.1, 0.15) is 18.1 Å². The zero-order chi connectivity index (χ0) is 14.8. The molecule has 2 aromatic carbocycles. The quantitative estimate of drug-likeness (QED) is 0.451. The van der Waals surface area contributed by atoms with Crippen molar-refractivity contribution in [3.63, 3.8) is 0 Å². The van der Waals surface area contributed by atoms with Gasteiger partial charge in [-0.15, -0.1) is 6.42 Å². The number of rotatable bonds is 1. The molecule has 0 aliphatic rings. The third-order valence-corrected chi connectivity index (χ3v) is 2.21. The molecule has 0 spiro atoms. The van der Waals surface area contributed by atoms with Gasteiger partial charge in [-0.1, -0.05) is 48.4 Å². The highest BCUT2D eigenvalue weighted by Crippen LogP contribution is 2.20. The van der Waals surface area contributed by atoms with Gasteiger partial charge in [0.05, 0.1) is 0 Å². The molecule has 0 atom stereocenters. The van der Waals surface area contributed by atoms with Crippen molar-refractivity contribution in [3.05, 3.63) is 65.7 Å². The summed E-state index contributed by atoms with van der Waals surface area (Å²) in [7, 11) is 0. The molecule has 20 heavy (non-hydrogen) atoms. The molecule has 0 amide bonds. The zero-order valence-corrected chi connectivity index (χ0v) is 11.0. The van der Waals surface area contributed by atoms with Gasteiger partial charge in [0.1, 0.15) is 17.4 Å². The number of hydrogen-bond acceptors (Lipinski definition) is 3. The van der Waals surface area contributed by atoms with E-state index < -0.39 is 5.97 Å². The maximum Gasteiger partial charge on any atom is 0.308 e. The van der Waals surface area contributed by atoms with Gasteiger partial charge in [0.2, 0.25) is 0 Å². The second kappa shape index (κ2) is 8.13. The van der Waals surface area contributed by atoms with Gasteiger partial charge in [-0.05, 0) is 12.1 Å². The molecule has 0 bridgehead atoms. The number of benzene rings is 2. The third-order valence-electron chi connectivity index (χ3n) is 2.21. The lowest BCUT2D eigenvalue weighted by molar-refractivity contribution is -0.131. The van der Waals surface area contributed by atoms with Gasteiger partial charge < -0.3 is 4.74 Å². The lowest BCUT2D eigenvalue weighted by Gasteiger charge is -2.04. The molecule has 0 unspecified atom stereocenters. The molecule has 0 radical (unpaired) electrons. The summed E-state index contributed by atoms with van der Waals surface area (Å²) in [6.07, 6.45) is 5.18. The zero-order valence-electron chi connectivity index (χ0n) is 11.0. The topological polar surface area (TPSA) is 50.1 Å². The Morgan fingerprint density at radius 3 is 2.05 bits per heavy atom. The van der Waals surface area contributed by atoms with Crippen LogP contribution >= 0.6 is 0 Å². The number of nitriles is 1. The van der Waals surface area contributed by atoms with Crippen molar-refractivity contribution < 1.29 is 9.53 Å². The van der Waals surface area contributed by atoms with Crippen molar-refractivity contribution in [3.8, 4) is 24.2 Å². The van der Waals surface area contributed by atoms with E-state index in [1.807, 2.05) is 42.5 Å². The van der Waals surface area contributed by atoms with Crippen LogP contribution in [-0.2, 0) is 4.79 Å². The number of esters is 1. The summed E-state index contributed by atoms with van der Waals surface area (Å²) >= 11 is 0. The van der Waals surface area contributed by atoms with Gasteiger partial charge >= 0.3 is 5.97 Å². The van der Waals surface area contributed by atoms with Crippen molar-refractivity contribution in [1.29, 1.82) is 5.26 Å². The first-order valence-corrected chi connectivity index (χ1v) is 5.87. The van der Waals surface area contributed by atoms with Crippen molar-refractivity contribution in [2.45, 2.75) is 6.92 Å². The first-order chi connectivity index (χ1) is 9.69. The van der Waals surface area contributed by atoms with Crippen molar-refractivity contribution in [2.24, 2.45) is 0 Å². The summed E-state index contributed by atoms with van der Waals surface area (Å²) < 4.78 is 4.82. The molecule has 2 aromatic rings. The first-order valence-electron chi connectivity index (χ1n) is 5.87. The van der Waals surface area contributed by atoms with Gasteiger partial charge in [0.15, 0.2) is 0 Å². The molecular formula is C17H13NO2. The molecular weight excluding hydrogens is 250 g/mol. The standard InChI is InChI=1S/C11H7NO2.C6H6/c1-3-9-5-4-6-11(10(9)7-12)14-8(2)13;1-2-4-6-5-3-1/h1,4-6H,2H3;1-6H. The van der Waals surface area contributed by atoms with Gasteiger partial charge in [-0.2, -0.15) is 5.26 Å². The molecule has 3 heteroatoms. The Labute approximate surface area is 118 Å². The van der Waals surface area contributed by atoms with Gasteiger partial charge in [0.25, 0.3) is 0 Å². The minimum Gasteiger partial charge on any atom is -0.425 e. The van der Waals surface area contributed by atoms with E-state index in [0.717, 1.165) is 0 Å². The van der Waals surface area contributed by atoms with Crippen LogP contribution < -0.4 is 4.74 Å². The van der Waals surface area contributed by atoms with Crippen molar-refractivity contribution >= 4 is 5.97 Å². The van der Waals surface area contributed by atoms with E-state index in [1.165, 1.54) is 13.0 Å². The Morgan fingerprint density at radius 1 is 1.10 bits per heavy atom. The first kappa shape index (κ1) is 15.0.